The molecular weight excluding hydrogens is 510 g/mol. The van der Waals surface area contributed by atoms with Crippen molar-refractivity contribution in [3.63, 3.8) is 0 Å². The molecular formula is C24H21BrClN3O4. The van der Waals surface area contributed by atoms with Gasteiger partial charge in [-0.05, 0) is 36.4 Å². The van der Waals surface area contributed by atoms with Gasteiger partial charge in [0.1, 0.15) is 24.5 Å². The zero-order chi connectivity index (χ0) is 23.6. The van der Waals surface area contributed by atoms with E-state index < -0.39 is 11.8 Å². The second-order valence-corrected chi connectivity index (χ2v) is 8.14. The molecule has 2 amide bonds. The molecule has 0 atom stereocenters. The van der Waals surface area contributed by atoms with E-state index in [-0.39, 0.29) is 13.0 Å². The topological polar surface area (TPSA) is 89.0 Å². The number of anilines is 1. The normalized spacial score (nSPS) is 10.6. The summed E-state index contributed by atoms with van der Waals surface area (Å²) in [6, 6.07) is 19.7. The Balaban J connectivity index is 1.56. The largest absolute Gasteiger partial charge is 0.497 e. The second kappa shape index (κ2) is 12.0. The van der Waals surface area contributed by atoms with Gasteiger partial charge in [-0.25, -0.2) is 5.43 Å². The predicted octanol–water partition coefficient (Wildman–Crippen LogP) is 5.17. The molecule has 0 heterocycles. The molecule has 0 fully saturated rings. The zero-order valence-electron chi connectivity index (χ0n) is 17.7. The molecule has 33 heavy (non-hydrogen) atoms. The average molecular weight is 531 g/mol. The Morgan fingerprint density at radius 2 is 1.88 bits per heavy atom. The van der Waals surface area contributed by atoms with Gasteiger partial charge in [-0.3, -0.25) is 9.59 Å². The minimum absolute atomic E-state index is 0.277. The number of nitrogens with one attached hydrogen (secondary N) is 2. The molecule has 0 aliphatic rings. The smallest absolute Gasteiger partial charge is 0.249 e. The van der Waals surface area contributed by atoms with Crippen LogP contribution in [0.3, 0.4) is 0 Å². The van der Waals surface area contributed by atoms with Crippen molar-refractivity contribution in [3.05, 3.63) is 87.4 Å². The van der Waals surface area contributed by atoms with Crippen LogP contribution in [0, 0.1) is 0 Å². The molecule has 0 spiro atoms. The van der Waals surface area contributed by atoms with Crippen LogP contribution >= 0.6 is 27.5 Å². The third-order valence-corrected chi connectivity index (χ3v) is 5.24. The molecule has 7 nitrogen and oxygen atoms in total. The minimum Gasteiger partial charge on any atom is -0.497 e. The highest BCUT2D eigenvalue weighted by molar-refractivity contribution is 9.10. The first-order valence-electron chi connectivity index (χ1n) is 9.86. The van der Waals surface area contributed by atoms with E-state index in [0.717, 1.165) is 10.0 Å². The quantitative estimate of drug-likeness (QED) is 0.227. The highest BCUT2D eigenvalue weighted by Gasteiger charge is 2.10. The van der Waals surface area contributed by atoms with Gasteiger partial charge in [0.25, 0.3) is 0 Å². The molecule has 0 aliphatic heterocycles. The van der Waals surface area contributed by atoms with Gasteiger partial charge >= 0.3 is 0 Å². The van der Waals surface area contributed by atoms with E-state index in [4.69, 9.17) is 21.1 Å². The average Bonchev–Trinajstić information content (AvgIpc) is 2.79. The van der Waals surface area contributed by atoms with Gasteiger partial charge in [-0.1, -0.05) is 51.8 Å². The van der Waals surface area contributed by atoms with E-state index in [1.54, 1.807) is 42.5 Å². The fourth-order valence-corrected chi connectivity index (χ4v) is 3.36. The maximum atomic E-state index is 12.1. The van der Waals surface area contributed by atoms with Gasteiger partial charge in [-0.2, -0.15) is 5.10 Å². The predicted molar refractivity (Wildman–Crippen MR) is 132 cm³/mol. The third-order valence-electron chi connectivity index (χ3n) is 4.38. The highest BCUT2D eigenvalue weighted by Crippen LogP contribution is 2.24. The Kier molecular flexibility index (Phi) is 8.86. The summed E-state index contributed by atoms with van der Waals surface area (Å²) in [6.45, 7) is 0.277. The van der Waals surface area contributed by atoms with E-state index in [2.05, 4.69) is 31.8 Å². The maximum absolute atomic E-state index is 12.1. The number of halogens is 2. The van der Waals surface area contributed by atoms with Crippen LogP contribution in [0.5, 0.6) is 11.5 Å². The maximum Gasteiger partial charge on any atom is 0.249 e. The van der Waals surface area contributed by atoms with E-state index in [1.165, 1.54) is 13.3 Å². The number of nitrogens with zero attached hydrogens (tertiary/aromatic N) is 1. The van der Waals surface area contributed by atoms with Crippen LogP contribution in [0.1, 0.15) is 17.5 Å². The van der Waals surface area contributed by atoms with Gasteiger partial charge in [0, 0.05) is 32.4 Å². The molecule has 0 saturated heterocycles. The Morgan fingerprint density at radius 1 is 1.06 bits per heavy atom. The van der Waals surface area contributed by atoms with Gasteiger partial charge in [0.2, 0.25) is 11.8 Å². The number of methoxy groups -OCH3 is 1. The number of ether oxygens (including phenoxy) is 2. The Morgan fingerprint density at radius 3 is 2.67 bits per heavy atom. The summed E-state index contributed by atoms with van der Waals surface area (Å²) in [7, 11) is 1.53. The molecule has 170 valence electrons. The first kappa shape index (κ1) is 24.3. The highest BCUT2D eigenvalue weighted by atomic mass is 79.9. The van der Waals surface area contributed by atoms with E-state index >= 15 is 0 Å². The number of hydrazone groups is 1. The van der Waals surface area contributed by atoms with Crippen molar-refractivity contribution in [1.29, 1.82) is 0 Å². The molecule has 0 saturated carbocycles. The van der Waals surface area contributed by atoms with Crippen LogP contribution in [-0.2, 0) is 16.2 Å². The molecule has 0 aliphatic carbocycles. The first-order valence-corrected chi connectivity index (χ1v) is 11.0. The van der Waals surface area contributed by atoms with Crippen LogP contribution in [0.2, 0.25) is 5.02 Å². The van der Waals surface area contributed by atoms with Crippen molar-refractivity contribution >= 4 is 51.2 Å². The van der Waals surface area contributed by atoms with Gasteiger partial charge in [0.15, 0.2) is 0 Å². The second-order valence-electron chi connectivity index (χ2n) is 6.81. The number of hydrogen-bond acceptors (Lipinski definition) is 5. The monoisotopic (exact) mass is 529 g/mol. The van der Waals surface area contributed by atoms with Crippen molar-refractivity contribution in [3.8, 4) is 11.5 Å². The Bertz CT molecular complexity index is 1170. The summed E-state index contributed by atoms with van der Waals surface area (Å²) in [4.78, 5) is 24.2. The van der Waals surface area contributed by atoms with E-state index in [0.29, 0.717) is 27.8 Å². The SMILES string of the molecule is COc1cccc(NC(=O)CC(=O)NN=Cc2cc(Br)ccc2OCc2ccccc2Cl)c1. The Labute approximate surface area is 204 Å². The number of amides is 2. The molecule has 0 aromatic heterocycles. The molecule has 0 radical (unpaired) electrons. The summed E-state index contributed by atoms with van der Waals surface area (Å²) in [5, 5.41) is 7.21. The van der Waals surface area contributed by atoms with Crippen LogP contribution in [0.25, 0.3) is 0 Å². The summed E-state index contributed by atoms with van der Waals surface area (Å²) in [5.41, 5.74) is 4.37. The molecule has 3 aromatic rings. The molecule has 3 rings (SSSR count). The molecule has 9 heteroatoms. The lowest BCUT2D eigenvalue weighted by molar-refractivity contribution is -0.126. The Hall–Kier alpha value is -3.36. The fraction of sp³-hybridized carbons (Fsp3) is 0.125. The zero-order valence-corrected chi connectivity index (χ0v) is 20.0. The van der Waals surface area contributed by atoms with Crippen molar-refractivity contribution in [2.24, 2.45) is 5.10 Å². The standard InChI is InChI=1S/C24H21BrClN3O4/c1-32-20-7-4-6-19(12-20)28-23(30)13-24(31)29-27-14-17-11-18(25)9-10-22(17)33-15-16-5-2-3-8-21(16)26/h2-12,14H,13,15H2,1H3,(H,28,30)(H,29,31). The minimum atomic E-state index is -0.555. The fourth-order valence-electron chi connectivity index (χ4n) is 2.79. The molecule has 0 bridgehead atoms. The van der Waals surface area contributed by atoms with Gasteiger partial charge < -0.3 is 14.8 Å². The van der Waals surface area contributed by atoms with Crippen LogP contribution in [0.4, 0.5) is 5.69 Å². The number of hydrogen-bond donors (Lipinski definition) is 2. The van der Waals surface area contributed by atoms with Crippen LogP contribution in [0.15, 0.2) is 76.3 Å². The number of carbonyl (C=O) groups is 2. The lowest BCUT2D eigenvalue weighted by atomic mass is 10.2. The lowest BCUT2D eigenvalue weighted by Gasteiger charge is -2.10. The summed E-state index contributed by atoms with van der Waals surface area (Å²) >= 11 is 9.59. The number of rotatable bonds is 9. The van der Waals surface area contributed by atoms with E-state index in [1.807, 2.05) is 24.3 Å². The molecule has 2 N–H and O–H groups in total. The molecule has 3 aromatic carbocycles. The van der Waals surface area contributed by atoms with Crippen LogP contribution in [-0.4, -0.2) is 25.1 Å². The summed E-state index contributed by atoms with van der Waals surface area (Å²) in [6.07, 6.45) is 1.06. The lowest BCUT2D eigenvalue weighted by Crippen LogP contribution is -2.24. The molecule has 0 unspecified atom stereocenters. The number of carbonyl (C=O) groups excluding carboxylic acids is 2. The van der Waals surface area contributed by atoms with Gasteiger partial charge in [0.05, 0.1) is 13.3 Å². The van der Waals surface area contributed by atoms with Crippen molar-refractivity contribution in [2.45, 2.75) is 13.0 Å². The number of benzene rings is 3. The summed E-state index contributed by atoms with van der Waals surface area (Å²) < 4.78 is 11.8. The van der Waals surface area contributed by atoms with Crippen LogP contribution < -0.4 is 20.2 Å². The third kappa shape index (κ3) is 7.62. The summed E-state index contributed by atoms with van der Waals surface area (Å²) in [5.74, 6) is 0.137. The van der Waals surface area contributed by atoms with Crippen molar-refractivity contribution in [2.75, 3.05) is 12.4 Å². The van der Waals surface area contributed by atoms with Gasteiger partial charge in [-0.15, -0.1) is 0 Å². The first-order chi connectivity index (χ1) is 15.9. The van der Waals surface area contributed by atoms with E-state index in [9.17, 15) is 9.59 Å². The van der Waals surface area contributed by atoms with Crippen molar-refractivity contribution < 1.29 is 19.1 Å². The van der Waals surface area contributed by atoms with Crippen molar-refractivity contribution in [1.82, 2.24) is 5.43 Å².